The third kappa shape index (κ3) is 4.78. The quantitative estimate of drug-likeness (QED) is 0.203. The molecule has 0 aromatic rings. The van der Waals surface area contributed by atoms with Crippen molar-refractivity contribution in [3.05, 3.63) is 0 Å². The predicted octanol–water partition coefficient (Wildman–Crippen LogP) is -5.79. The van der Waals surface area contributed by atoms with Crippen molar-refractivity contribution >= 4 is 0 Å². The van der Waals surface area contributed by atoms with Gasteiger partial charge in [-0.2, -0.15) is 0 Å². The third-order valence-corrected chi connectivity index (χ3v) is 3.68. The van der Waals surface area contributed by atoms with E-state index < -0.39 is 68.3 Å². The zero-order valence-electron chi connectivity index (χ0n) is 12.3. The molecule has 4 unspecified atom stereocenters. The zero-order valence-corrected chi connectivity index (χ0v) is 12.3. The van der Waals surface area contributed by atoms with Crippen molar-refractivity contribution in [2.45, 2.75) is 55.1 Å². The molecule has 0 aromatic heterocycles. The van der Waals surface area contributed by atoms with E-state index in [1.165, 1.54) is 0 Å². The van der Waals surface area contributed by atoms with Crippen LogP contribution in [0.2, 0.25) is 0 Å². The van der Waals surface area contributed by atoms with E-state index in [1.807, 2.05) is 0 Å². The Morgan fingerprint density at radius 2 is 1.57 bits per heavy atom. The van der Waals surface area contributed by atoms with E-state index >= 15 is 0 Å². The summed E-state index contributed by atoms with van der Waals surface area (Å²) in [5.41, 5.74) is 5.20. The zero-order chi connectivity index (χ0) is 17.7. The number of nitrogens with two attached hydrogens (primary N) is 1. The Morgan fingerprint density at radius 3 is 2.04 bits per heavy atom. The molecular formula is C12H25NO10. The van der Waals surface area contributed by atoms with Gasteiger partial charge in [0.25, 0.3) is 0 Å². The summed E-state index contributed by atoms with van der Waals surface area (Å²) in [7, 11) is 0. The molecule has 23 heavy (non-hydrogen) atoms. The summed E-state index contributed by atoms with van der Waals surface area (Å²) >= 11 is 0. The maximum Gasteiger partial charge on any atom is 0.187 e. The van der Waals surface area contributed by atoms with Gasteiger partial charge in [-0.1, -0.05) is 0 Å². The van der Waals surface area contributed by atoms with E-state index in [1.54, 1.807) is 0 Å². The average Bonchev–Trinajstić information content (AvgIpc) is 2.57. The lowest BCUT2D eigenvalue weighted by Gasteiger charge is -2.42. The van der Waals surface area contributed by atoms with Crippen molar-refractivity contribution in [1.82, 2.24) is 0 Å². The van der Waals surface area contributed by atoms with Gasteiger partial charge in [0.05, 0.1) is 19.3 Å². The van der Waals surface area contributed by atoms with Crippen molar-refractivity contribution < 1.29 is 50.3 Å². The van der Waals surface area contributed by atoms with E-state index in [9.17, 15) is 30.6 Å². The summed E-state index contributed by atoms with van der Waals surface area (Å²) in [6.45, 7) is -1.89. The highest BCUT2D eigenvalue weighted by atomic mass is 16.7. The average molecular weight is 343 g/mol. The van der Waals surface area contributed by atoms with Crippen LogP contribution in [0.3, 0.4) is 0 Å². The minimum Gasteiger partial charge on any atom is -0.394 e. The molecular weight excluding hydrogens is 318 g/mol. The summed E-state index contributed by atoms with van der Waals surface area (Å²) < 4.78 is 10.2. The lowest BCUT2D eigenvalue weighted by molar-refractivity contribution is -0.327. The maximum absolute atomic E-state index is 9.91. The van der Waals surface area contributed by atoms with Crippen LogP contribution in [-0.2, 0) is 9.47 Å². The molecule has 10 N–H and O–H groups in total. The maximum atomic E-state index is 9.91. The normalized spacial score (nSPS) is 37.2. The van der Waals surface area contributed by atoms with Crippen molar-refractivity contribution in [1.29, 1.82) is 0 Å². The number of hydrogen-bond donors (Lipinski definition) is 9. The highest BCUT2D eigenvalue weighted by Gasteiger charge is 2.46. The van der Waals surface area contributed by atoms with E-state index in [0.717, 1.165) is 0 Å². The first-order chi connectivity index (χ1) is 10.8. The van der Waals surface area contributed by atoms with Gasteiger partial charge in [-0.3, -0.25) is 0 Å². The number of aliphatic hydroxyl groups is 8. The first-order valence-corrected chi connectivity index (χ1v) is 7.09. The van der Waals surface area contributed by atoms with Crippen LogP contribution in [0.4, 0.5) is 0 Å². The molecule has 1 aliphatic heterocycles. The monoisotopic (exact) mass is 343 g/mol. The molecule has 0 aromatic carbocycles. The fourth-order valence-corrected chi connectivity index (χ4v) is 2.20. The lowest BCUT2D eigenvalue weighted by atomic mass is 9.98. The Bertz CT molecular complexity index is 346. The standard InChI is InChI=1S/C12H25NO10/c13-1-4(16)7(18)11(5(17)2-14)23-12-10(21)9(20)8(19)6(3-15)22-12/h4-12,14-21H,1-3,13H2/t4-,5?,6?,7?,8+,9?,10+,11-,12+/m1/s1. The van der Waals surface area contributed by atoms with Crippen molar-refractivity contribution in [2.24, 2.45) is 5.73 Å². The Hall–Kier alpha value is -0.440. The fourth-order valence-electron chi connectivity index (χ4n) is 2.20. The van der Waals surface area contributed by atoms with Crippen LogP contribution >= 0.6 is 0 Å². The van der Waals surface area contributed by atoms with Crippen LogP contribution in [0.15, 0.2) is 0 Å². The second-order valence-electron chi connectivity index (χ2n) is 5.34. The predicted molar refractivity (Wildman–Crippen MR) is 72.8 cm³/mol. The van der Waals surface area contributed by atoms with Gasteiger partial charge >= 0.3 is 0 Å². The van der Waals surface area contributed by atoms with Gasteiger partial charge in [-0.05, 0) is 0 Å². The number of ether oxygens (including phenoxy) is 2. The molecule has 0 spiro atoms. The van der Waals surface area contributed by atoms with Crippen molar-refractivity contribution in [2.75, 3.05) is 19.8 Å². The third-order valence-electron chi connectivity index (χ3n) is 3.68. The van der Waals surface area contributed by atoms with Crippen molar-refractivity contribution in [3.63, 3.8) is 0 Å². The van der Waals surface area contributed by atoms with Crippen LogP contribution < -0.4 is 5.73 Å². The SMILES string of the molecule is NC[C@@H](O)C(O)[C@H](O[C@@H]1OC(CO)[C@H](O)C(O)[C@@H]1O)C(O)CO. The van der Waals surface area contributed by atoms with Gasteiger partial charge in [-0.25, -0.2) is 0 Å². The molecule has 0 amide bonds. The topological polar surface area (TPSA) is 206 Å². The minimum absolute atomic E-state index is 0.367. The summed E-state index contributed by atoms with van der Waals surface area (Å²) in [5, 5.41) is 76.4. The molecule has 0 aliphatic carbocycles. The van der Waals surface area contributed by atoms with E-state index in [-0.39, 0.29) is 6.54 Å². The number of aliphatic hydroxyl groups excluding tert-OH is 8. The van der Waals surface area contributed by atoms with Gasteiger partial charge in [0.2, 0.25) is 0 Å². The Morgan fingerprint density at radius 1 is 0.957 bits per heavy atom. The summed E-state index contributed by atoms with van der Waals surface area (Å²) in [6, 6.07) is 0. The van der Waals surface area contributed by atoms with Gasteiger partial charge in [-0.15, -0.1) is 0 Å². The molecule has 1 aliphatic rings. The largest absolute Gasteiger partial charge is 0.394 e. The molecule has 11 heteroatoms. The Kier molecular flexibility index (Phi) is 8.20. The molecule has 1 heterocycles. The molecule has 1 saturated heterocycles. The highest BCUT2D eigenvalue weighted by Crippen LogP contribution is 2.24. The second-order valence-corrected chi connectivity index (χ2v) is 5.34. The summed E-state index contributed by atoms with van der Waals surface area (Å²) in [5.74, 6) is 0. The van der Waals surface area contributed by atoms with Gasteiger partial charge in [0, 0.05) is 6.54 Å². The smallest absolute Gasteiger partial charge is 0.187 e. The molecule has 0 saturated carbocycles. The van der Waals surface area contributed by atoms with Gasteiger partial charge < -0.3 is 56.1 Å². The molecule has 1 fully saturated rings. The Balaban J connectivity index is 2.89. The molecule has 9 atom stereocenters. The van der Waals surface area contributed by atoms with E-state index in [0.29, 0.717) is 0 Å². The number of hydrogen-bond acceptors (Lipinski definition) is 11. The minimum atomic E-state index is -1.76. The van der Waals surface area contributed by atoms with Gasteiger partial charge in [0.1, 0.15) is 42.7 Å². The van der Waals surface area contributed by atoms with Crippen molar-refractivity contribution in [3.8, 4) is 0 Å². The van der Waals surface area contributed by atoms with E-state index in [4.69, 9.17) is 25.4 Å². The van der Waals surface area contributed by atoms with Crippen LogP contribution in [0.1, 0.15) is 0 Å². The first-order valence-electron chi connectivity index (χ1n) is 7.09. The first kappa shape index (κ1) is 20.6. The molecule has 0 radical (unpaired) electrons. The molecule has 0 bridgehead atoms. The Labute approximate surface area is 132 Å². The van der Waals surface area contributed by atoms with Crippen LogP contribution in [0, 0.1) is 0 Å². The fraction of sp³-hybridized carbons (Fsp3) is 1.00. The summed E-state index contributed by atoms with van der Waals surface area (Å²) in [4.78, 5) is 0. The summed E-state index contributed by atoms with van der Waals surface area (Å²) in [6.07, 6.45) is -14.5. The molecule has 138 valence electrons. The van der Waals surface area contributed by atoms with Gasteiger partial charge in [0.15, 0.2) is 6.29 Å². The van der Waals surface area contributed by atoms with Crippen LogP contribution in [0.5, 0.6) is 0 Å². The number of rotatable bonds is 8. The molecule has 1 rings (SSSR count). The second kappa shape index (κ2) is 9.15. The highest BCUT2D eigenvalue weighted by molar-refractivity contribution is 4.91. The van der Waals surface area contributed by atoms with Crippen LogP contribution in [0.25, 0.3) is 0 Å². The lowest BCUT2D eigenvalue weighted by Crippen LogP contribution is -2.61. The van der Waals surface area contributed by atoms with E-state index in [2.05, 4.69) is 0 Å². The molecule has 11 nitrogen and oxygen atoms in total. The van der Waals surface area contributed by atoms with Crippen LogP contribution in [-0.4, -0.2) is 116 Å².